The lowest BCUT2D eigenvalue weighted by atomic mass is 10.1. The average molecular weight is 233 g/mol. The van der Waals surface area contributed by atoms with Crippen molar-refractivity contribution < 1.29 is 9.90 Å². The SMILES string of the molecule is Nc1ccn2c(C(=O)N3CC(O)C3)nnc2c1. The normalized spacial score (nSPS) is 16.2. The lowest BCUT2D eigenvalue weighted by Gasteiger charge is -2.35. The van der Waals surface area contributed by atoms with Gasteiger partial charge in [0, 0.05) is 31.0 Å². The highest BCUT2D eigenvalue weighted by Gasteiger charge is 2.31. The minimum atomic E-state index is -0.422. The van der Waals surface area contributed by atoms with Crippen LogP contribution in [-0.4, -0.2) is 49.7 Å². The van der Waals surface area contributed by atoms with Gasteiger partial charge in [-0.05, 0) is 6.07 Å². The van der Waals surface area contributed by atoms with Gasteiger partial charge in [0.2, 0.25) is 5.82 Å². The van der Waals surface area contributed by atoms with Gasteiger partial charge < -0.3 is 15.7 Å². The summed E-state index contributed by atoms with van der Waals surface area (Å²) in [7, 11) is 0. The number of nitrogens with zero attached hydrogens (tertiary/aromatic N) is 4. The minimum absolute atomic E-state index is 0.229. The summed E-state index contributed by atoms with van der Waals surface area (Å²) in [4.78, 5) is 13.5. The summed E-state index contributed by atoms with van der Waals surface area (Å²) in [6.45, 7) is 0.700. The Morgan fingerprint density at radius 2 is 2.24 bits per heavy atom. The van der Waals surface area contributed by atoms with Crippen molar-refractivity contribution in [2.45, 2.75) is 6.10 Å². The average Bonchev–Trinajstić information content (AvgIpc) is 2.66. The molecule has 0 unspecified atom stereocenters. The van der Waals surface area contributed by atoms with Gasteiger partial charge in [0.25, 0.3) is 5.91 Å². The van der Waals surface area contributed by atoms with Gasteiger partial charge in [-0.3, -0.25) is 9.20 Å². The maximum atomic E-state index is 12.0. The Kier molecular flexibility index (Phi) is 2.02. The zero-order valence-electron chi connectivity index (χ0n) is 8.95. The number of fused-ring (bicyclic) bond motifs is 1. The summed E-state index contributed by atoms with van der Waals surface area (Å²) in [6, 6.07) is 3.33. The molecule has 2 aromatic rings. The number of carbonyl (C=O) groups excluding carboxylic acids is 1. The molecule has 0 spiro atoms. The van der Waals surface area contributed by atoms with Crippen LogP contribution < -0.4 is 5.73 Å². The molecule has 0 aromatic carbocycles. The third kappa shape index (κ3) is 1.51. The highest BCUT2D eigenvalue weighted by Crippen LogP contribution is 2.14. The first-order valence-corrected chi connectivity index (χ1v) is 5.23. The number of nitrogen functional groups attached to an aromatic ring is 1. The van der Waals surface area contributed by atoms with Crippen molar-refractivity contribution in [3.8, 4) is 0 Å². The largest absolute Gasteiger partial charge is 0.399 e. The molecule has 1 amide bonds. The van der Waals surface area contributed by atoms with Crippen molar-refractivity contribution in [2.24, 2.45) is 0 Å². The van der Waals surface area contributed by atoms with E-state index in [4.69, 9.17) is 10.8 Å². The van der Waals surface area contributed by atoms with Crippen LogP contribution in [-0.2, 0) is 0 Å². The number of anilines is 1. The van der Waals surface area contributed by atoms with Gasteiger partial charge in [-0.1, -0.05) is 0 Å². The number of hydrogen-bond donors (Lipinski definition) is 2. The van der Waals surface area contributed by atoms with E-state index in [9.17, 15) is 4.79 Å². The first-order valence-electron chi connectivity index (χ1n) is 5.23. The van der Waals surface area contributed by atoms with Crippen LogP contribution in [0.1, 0.15) is 10.6 Å². The zero-order valence-corrected chi connectivity index (χ0v) is 8.95. The molecule has 0 bridgehead atoms. The Balaban J connectivity index is 1.98. The molecule has 3 rings (SSSR count). The van der Waals surface area contributed by atoms with Crippen LogP contribution in [0.5, 0.6) is 0 Å². The van der Waals surface area contributed by atoms with Gasteiger partial charge in [0.15, 0.2) is 5.65 Å². The van der Waals surface area contributed by atoms with E-state index in [0.29, 0.717) is 24.4 Å². The third-order valence-corrected chi connectivity index (χ3v) is 2.77. The fourth-order valence-corrected chi connectivity index (χ4v) is 1.81. The molecule has 1 saturated heterocycles. The summed E-state index contributed by atoms with van der Waals surface area (Å²) < 4.78 is 1.59. The van der Waals surface area contributed by atoms with E-state index in [-0.39, 0.29) is 11.7 Å². The van der Waals surface area contributed by atoms with Gasteiger partial charge in [0.05, 0.1) is 6.10 Å². The Bertz CT molecular complexity index is 587. The van der Waals surface area contributed by atoms with Crippen LogP contribution in [0.15, 0.2) is 18.3 Å². The predicted octanol–water partition coefficient (Wildman–Crippen LogP) is -0.872. The fraction of sp³-hybridized carbons (Fsp3) is 0.300. The highest BCUT2D eigenvalue weighted by atomic mass is 16.3. The molecule has 1 fully saturated rings. The smallest absolute Gasteiger partial charge is 0.292 e. The molecule has 2 aromatic heterocycles. The number of amides is 1. The van der Waals surface area contributed by atoms with Crippen LogP contribution in [0.25, 0.3) is 5.65 Å². The van der Waals surface area contributed by atoms with E-state index in [1.165, 1.54) is 4.90 Å². The number of nitrogens with two attached hydrogens (primary N) is 1. The van der Waals surface area contributed by atoms with Crippen molar-refractivity contribution in [2.75, 3.05) is 18.8 Å². The topological polar surface area (TPSA) is 96.8 Å². The summed E-state index contributed by atoms with van der Waals surface area (Å²) in [6.07, 6.45) is 1.24. The molecule has 0 atom stereocenters. The summed E-state index contributed by atoms with van der Waals surface area (Å²) >= 11 is 0. The van der Waals surface area contributed by atoms with Crippen molar-refractivity contribution in [1.82, 2.24) is 19.5 Å². The minimum Gasteiger partial charge on any atom is -0.399 e. The number of hydrogen-bond acceptors (Lipinski definition) is 5. The molecule has 7 nitrogen and oxygen atoms in total. The van der Waals surface area contributed by atoms with Crippen molar-refractivity contribution in [3.05, 3.63) is 24.2 Å². The third-order valence-electron chi connectivity index (χ3n) is 2.77. The fourth-order valence-electron chi connectivity index (χ4n) is 1.81. The molecular formula is C10H11N5O2. The molecule has 17 heavy (non-hydrogen) atoms. The predicted molar refractivity (Wildman–Crippen MR) is 59.3 cm³/mol. The molecule has 1 aliphatic rings. The van der Waals surface area contributed by atoms with Crippen LogP contribution in [0.4, 0.5) is 5.69 Å². The second-order valence-corrected chi connectivity index (χ2v) is 4.08. The second-order valence-electron chi connectivity index (χ2n) is 4.08. The van der Waals surface area contributed by atoms with E-state index >= 15 is 0 Å². The van der Waals surface area contributed by atoms with Crippen LogP contribution in [0, 0.1) is 0 Å². The Morgan fingerprint density at radius 3 is 2.94 bits per heavy atom. The molecule has 1 aliphatic heterocycles. The number of rotatable bonds is 1. The lowest BCUT2D eigenvalue weighted by Crippen LogP contribution is -2.53. The van der Waals surface area contributed by atoms with Crippen LogP contribution in [0.2, 0.25) is 0 Å². The molecule has 0 radical (unpaired) electrons. The lowest BCUT2D eigenvalue weighted by molar-refractivity contribution is 0.00499. The molecule has 0 saturated carbocycles. The number of pyridine rings is 1. The number of likely N-dealkylation sites (tertiary alicyclic amines) is 1. The van der Waals surface area contributed by atoms with E-state index < -0.39 is 6.10 Å². The Hall–Kier alpha value is -2.15. The molecule has 3 N–H and O–H groups in total. The van der Waals surface area contributed by atoms with E-state index in [0.717, 1.165) is 0 Å². The Labute approximate surface area is 96.5 Å². The maximum absolute atomic E-state index is 12.0. The number of aliphatic hydroxyl groups excluding tert-OH is 1. The molecule has 7 heteroatoms. The van der Waals surface area contributed by atoms with Crippen LogP contribution >= 0.6 is 0 Å². The summed E-state index contributed by atoms with van der Waals surface area (Å²) in [5.41, 5.74) is 6.72. The van der Waals surface area contributed by atoms with Gasteiger partial charge in [-0.25, -0.2) is 0 Å². The van der Waals surface area contributed by atoms with Crippen LogP contribution in [0.3, 0.4) is 0 Å². The number of carbonyl (C=O) groups is 1. The summed E-state index contributed by atoms with van der Waals surface area (Å²) in [5.74, 6) is 0.0134. The molecule has 0 aliphatic carbocycles. The van der Waals surface area contributed by atoms with Gasteiger partial charge in [-0.2, -0.15) is 0 Å². The van der Waals surface area contributed by atoms with Gasteiger partial charge >= 0.3 is 0 Å². The Morgan fingerprint density at radius 1 is 1.47 bits per heavy atom. The number of aromatic nitrogens is 3. The van der Waals surface area contributed by atoms with E-state index in [1.807, 2.05) is 0 Å². The summed E-state index contributed by atoms with van der Waals surface area (Å²) in [5, 5.41) is 16.9. The van der Waals surface area contributed by atoms with Crippen molar-refractivity contribution >= 4 is 17.2 Å². The first kappa shape index (κ1) is 10.0. The highest BCUT2D eigenvalue weighted by molar-refractivity contribution is 5.92. The monoisotopic (exact) mass is 233 g/mol. The second kappa shape index (κ2) is 3.42. The van der Waals surface area contributed by atoms with E-state index in [1.54, 1.807) is 22.7 Å². The van der Waals surface area contributed by atoms with E-state index in [2.05, 4.69) is 10.2 Å². The maximum Gasteiger partial charge on any atom is 0.292 e. The standard InChI is InChI=1S/C10H11N5O2/c11-6-1-2-15-8(3-6)12-13-9(15)10(17)14-4-7(16)5-14/h1-3,7,16H,4-5,11H2. The number of β-amino-alcohol motifs (C(OH)–C–C–N with tert-alkyl or cyclic N) is 1. The quantitative estimate of drug-likeness (QED) is 0.667. The van der Waals surface area contributed by atoms with Gasteiger partial charge in [0.1, 0.15) is 0 Å². The zero-order chi connectivity index (χ0) is 12.0. The number of aliphatic hydroxyl groups is 1. The molecular weight excluding hydrogens is 222 g/mol. The van der Waals surface area contributed by atoms with Crippen molar-refractivity contribution in [1.29, 1.82) is 0 Å². The van der Waals surface area contributed by atoms with Crippen molar-refractivity contribution in [3.63, 3.8) is 0 Å². The first-order chi connectivity index (χ1) is 8.15. The molecule has 3 heterocycles. The van der Waals surface area contributed by atoms with Gasteiger partial charge in [-0.15, -0.1) is 10.2 Å². The molecule has 88 valence electrons.